The van der Waals surface area contributed by atoms with Crippen LogP contribution in [0.4, 0.5) is 0 Å². The molecule has 1 N–H and O–H groups in total. The van der Waals surface area contributed by atoms with Crippen LogP contribution < -0.4 is 4.74 Å². The summed E-state index contributed by atoms with van der Waals surface area (Å²) in [4.78, 5) is 5.18. The number of benzene rings is 1. The minimum Gasteiger partial charge on any atom is -0.437 e. The smallest absolute Gasteiger partial charge is 0.244 e. The van der Waals surface area contributed by atoms with E-state index in [0.29, 0.717) is 11.6 Å². The van der Waals surface area contributed by atoms with E-state index in [-0.39, 0.29) is 6.61 Å². The predicted octanol–water partition coefficient (Wildman–Crippen LogP) is 2.99. The molecular formula is C13H12N2O2S. The van der Waals surface area contributed by atoms with E-state index < -0.39 is 0 Å². The second-order valence-corrected chi connectivity index (χ2v) is 4.87. The van der Waals surface area contributed by atoms with E-state index in [4.69, 9.17) is 4.74 Å². The lowest BCUT2D eigenvalue weighted by Gasteiger charge is -2.04. The van der Waals surface area contributed by atoms with Gasteiger partial charge in [-0.05, 0) is 19.1 Å². The summed E-state index contributed by atoms with van der Waals surface area (Å²) in [7, 11) is 0. The summed E-state index contributed by atoms with van der Waals surface area (Å²) in [6.45, 7) is 1.93. The summed E-state index contributed by atoms with van der Waals surface area (Å²) in [6, 6.07) is 7.74. The molecule has 0 unspecified atom stereocenters. The normalized spacial score (nSPS) is 11.0. The zero-order chi connectivity index (χ0) is 12.5. The molecule has 0 aliphatic carbocycles. The number of rotatable bonds is 3. The van der Waals surface area contributed by atoms with E-state index in [1.165, 1.54) is 16.9 Å². The highest BCUT2D eigenvalue weighted by molar-refractivity contribution is 7.15. The largest absolute Gasteiger partial charge is 0.437 e. The van der Waals surface area contributed by atoms with E-state index in [1.807, 2.05) is 47.2 Å². The third-order valence-corrected chi connectivity index (χ3v) is 3.47. The molecule has 0 amide bonds. The highest BCUT2D eigenvalue weighted by Crippen LogP contribution is 2.27. The monoisotopic (exact) mass is 260 g/mol. The highest BCUT2D eigenvalue weighted by Gasteiger charge is 2.14. The van der Waals surface area contributed by atoms with Gasteiger partial charge in [-0.2, -0.15) is 4.98 Å². The Morgan fingerprint density at radius 1 is 1.33 bits per heavy atom. The van der Waals surface area contributed by atoms with E-state index in [1.54, 1.807) is 0 Å². The van der Waals surface area contributed by atoms with Crippen molar-refractivity contribution in [3.63, 3.8) is 0 Å². The van der Waals surface area contributed by atoms with Crippen LogP contribution >= 0.6 is 11.3 Å². The molecule has 0 spiro atoms. The van der Waals surface area contributed by atoms with Gasteiger partial charge in [0.1, 0.15) is 11.4 Å². The fraction of sp³-hybridized carbons (Fsp3) is 0.154. The molecule has 3 aromatic rings. The van der Waals surface area contributed by atoms with Crippen molar-refractivity contribution in [1.82, 2.24) is 9.38 Å². The number of imidazole rings is 1. The van der Waals surface area contributed by atoms with Crippen molar-refractivity contribution < 1.29 is 9.84 Å². The Balaban J connectivity index is 1.98. The lowest BCUT2D eigenvalue weighted by molar-refractivity contribution is 0.270. The summed E-state index contributed by atoms with van der Waals surface area (Å²) in [5.41, 5.74) is 1.85. The van der Waals surface area contributed by atoms with Gasteiger partial charge >= 0.3 is 0 Å². The van der Waals surface area contributed by atoms with E-state index in [9.17, 15) is 5.11 Å². The lowest BCUT2D eigenvalue weighted by atomic mass is 10.2. The number of thiazole rings is 1. The first-order valence-corrected chi connectivity index (χ1v) is 6.45. The van der Waals surface area contributed by atoms with Gasteiger partial charge in [-0.25, -0.2) is 0 Å². The Morgan fingerprint density at radius 2 is 2.11 bits per heavy atom. The number of aromatic nitrogens is 2. The molecule has 0 saturated carbocycles. The van der Waals surface area contributed by atoms with Gasteiger partial charge in [0.2, 0.25) is 5.88 Å². The van der Waals surface area contributed by atoms with Crippen LogP contribution in [0, 0.1) is 6.92 Å². The first-order valence-electron chi connectivity index (χ1n) is 5.58. The molecule has 0 aliphatic rings. The molecule has 0 atom stereocenters. The van der Waals surface area contributed by atoms with Crippen molar-refractivity contribution in [3.05, 3.63) is 47.1 Å². The summed E-state index contributed by atoms with van der Waals surface area (Å²) >= 11 is 1.51. The third-order valence-electron chi connectivity index (χ3n) is 2.71. The van der Waals surface area contributed by atoms with Crippen molar-refractivity contribution in [2.24, 2.45) is 0 Å². The Morgan fingerprint density at radius 3 is 2.83 bits per heavy atom. The summed E-state index contributed by atoms with van der Waals surface area (Å²) in [6.07, 6.45) is 1.88. The number of fused-ring (bicyclic) bond motifs is 1. The number of nitrogens with zero attached hydrogens (tertiary/aromatic N) is 2. The Labute approximate surface area is 108 Å². The topological polar surface area (TPSA) is 46.8 Å². The first-order chi connectivity index (χ1) is 8.78. The van der Waals surface area contributed by atoms with E-state index in [2.05, 4.69) is 4.98 Å². The second-order valence-electron chi connectivity index (χ2n) is 3.99. The summed E-state index contributed by atoms with van der Waals surface area (Å²) in [5, 5.41) is 11.3. The molecule has 0 bridgehead atoms. The summed E-state index contributed by atoms with van der Waals surface area (Å²) < 4.78 is 7.55. The van der Waals surface area contributed by atoms with Crippen LogP contribution in [-0.2, 0) is 6.61 Å². The van der Waals surface area contributed by atoms with Crippen LogP contribution in [0.5, 0.6) is 11.6 Å². The van der Waals surface area contributed by atoms with Crippen LogP contribution in [0.1, 0.15) is 11.3 Å². The standard InChI is InChI=1S/C13H12N2O2S/c1-9-2-4-10(5-3-9)17-12-11(8-16)15-6-7-18-13(15)14-12/h2-7,16H,8H2,1H3. The van der Waals surface area contributed by atoms with E-state index in [0.717, 1.165) is 10.7 Å². The van der Waals surface area contributed by atoms with Gasteiger partial charge in [-0.15, -0.1) is 11.3 Å². The van der Waals surface area contributed by atoms with Gasteiger partial charge in [0.25, 0.3) is 0 Å². The lowest BCUT2D eigenvalue weighted by Crippen LogP contribution is -1.93. The van der Waals surface area contributed by atoms with Crippen molar-refractivity contribution in [2.45, 2.75) is 13.5 Å². The van der Waals surface area contributed by atoms with Gasteiger partial charge in [-0.3, -0.25) is 4.40 Å². The van der Waals surface area contributed by atoms with Crippen molar-refractivity contribution >= 4 is 16.3 Å². The maximum absolute atomic E-state index is 9.41. The molecule has 0 saturated heterocycles. The minimum atomic E-state index is -0.0981. The van der Waals surface area contributed by atoms with Crippen LogP contribution in [-0.4, -0.2) is 14.5 Å². The van der Waals surface area contributed by atoms with Crippen LogP contribution in [0.2, 0.25) is 0 Å². The van der Waals surface area contributed by atoms with Gasteiger partial charge < -0.3 is 9.84 Å². The number of aliphatic hydroxyl groups is 1. The van der Waals surface area contributed by atoms with Gasteiger partial charge in [-0.1, -0.05) is 17.7 Å². The maximum Gasteiger partial charge on any atom is 0.244 e. The van der Waals surface area contributed by atoms with Crippen LogP contribution in [0.15, 0.2) is 35.8 Å². The number of hydrogen-bond donors (Lipinski definition) is 1. The number of ether oxygens (including phenoxy) is 1. The molecule has 18 heavy (non-hydrogen) atoms. The predicted molar refractivity (Wildman–Crippen MR) is 70.2 cm³/mol. The first kappa shape index (κ1) is 11.3. The molecule has 5 heteroatoms. The minimum absolute atomic E-state index is 0.0981. The molecular weight excluding hydrogens is 248 g/mol. The van der Waals surface area contributed by atoms with Gasteiger partial charge in [0, 0.05) is 11.6 Å². The maximum atomic E-state index is 9.41. The quantitative estimate of drug-likeness (QED) is 0.787. The van der Waals surface area contributed by atoms with Crippen molar-refractivity contribution in [1.29, 1.82) is 0 Å². The summed E-state index contributed by atoms with van der Waals surface area (Å²) in [5.74, 6) is 1.19. The molecule has 0 radical (unpaired) electrons. The van der Waals surface area contributed by atoms with E-state index >= 15 is 0 Å². The van der Waals surface area contributed by atoms with Crippen molar-refractivity contribution in [3.8, 4) is 11.6 Å². The number of aliphatic hydroxyl groups excluding tert-OH is 1. The van der Waals surface area contributed by atoms with Gasteiger partial charge in [0.05, 0.1) is 6.61 Å². The number of aryl methyl sites for hydroxylation is 1. The SMILES string of the molecule is Cc1ccc(Oc2nc3sccn3c2CO)cc1. The second kappa shape index (κ2) is 4.44. The fourth-order valence-corrected chi connectivity index (χ4v) is 2.48. The van der Waals surface area contributed by atoms with Crippen molar-refractivity contribution in [2.75, 3.05) is 0 Å². The molecule has 4 nitrogen and oxygen atoms in total. The molecule has 2 aromatic heterocycles. The highest BCUT2D eigenvalue weighted by atomic mass is 32.1. The average molecular weight is 260 g/mol. The Hall–Kier alpha value is -1.85. The molecule has 2 heterocycles. The average Bonchev–Trinajstić information content (AvgIpc) is 2.92. The Bertz CT molecular complexity index is 670. The molecule has 0 fully saturated rings. The van der Waals surface area contributed by atoms with Gasteiger partial charge in [0.15, 0.2) is 4.96 Å². The van der Waals surface area contributed by atoms with Crippen LogP contribution in [0.3, 0.4) is 0 Å². The zero-order valence-electron chi connectivity index (χ0n) is 9.83. The Kier molecular flexibility index (Phi) is 2.77. The molecule has 0 aliphatic heterocycles. The molecule has 1 aromatic carbocycles. The number of hydrogen-bond acceptors (Lipinski definition) is 4. The molecule has 3 rings (SSSR count). The molecule has 92 valence electrons. The fourth-order valence-electron chi connectivity index (χ4n) is 1.76. The van der Waals surface area contributed by atoms with Crippen LogP contribution in [0.25, 0.3) is 4.96 Å². The zero-order valence-corrected chi connectivity index (χ0v) is 10.6. The third kappa shape index (κ3) is 1.87.